The van der Waals surface area contributed by atoms with Gasteiger partial charge in [-0.3, -0.25) is 4.79 Å². The normalized spacial score (nSPS) is 17.6. The molecule has 2 N–H and O–H groups in total. The molecule has 0 spiro atoms. The Morgan fingerprint density at radius 1 is 1.24 bits per heavy atom. The molecule has 1 aliphatic rings. The van der Waals surface area contributed by atoms with Crippen molar-refractivity contribution in [3.63, 3.8) is 0 Å². The van der Waals surface area contributed by atoms with Gasteiger partial charge in [-0.25, -0.2) is 4.57 Å². The molecule has 0 aliphatic heterocycles. The van der Waals surface area contributed by atoms with E-state index in [-0.39, 0.29) is 21.9 Å². The van der Waals surface area contributed by atoms with Crippen molar-refractivity contribution in [2.24, 2.45) is 0 Å². The van der Waals surface area contributed by atoms with E-state index < -0.39 is 11.9 Å². The molecule has 2 rings (SSSR count). The van der Waals surface area contributed by atoms with E-state index in [1.807, 2.05) is 0 Å². The Bertz CT molecular complexity index is 473. The van der Waals surface area contributed by atoms with Crippen molar-refractivity contribution in [1.29, 1.82) is 0 Å². The highest BCUT2D eigenvalue weighted by Gasteiger charge is 2.36. The second kappa shape index (κ2) is 4.09. The van der Waals surface area contributed by atoms with Crippen LogP contribution in [0.25, 0.3) is 0 Å². The lowest BCUT2D eigenvalue weighted by molar-refractivity contribution is -0.208. The first-order valence-electron chi connectivity index (χ1n) is 5.49. The van der Waals surface area contributed by atoms with Crippen molar-refractivity contribution in [2.75, 3.05) is 5.73 Å². The van der Waals surface area contributed by atoms with Crippen molar-refractivity contribution in [3.8, 4) is 0 Å². The molecule has 94 valence electrons. The van der Waals surface area contributed by atoms with Gasteiger partial charge < -0.3 is 5.73 Å². The minimum Gasteiger partial charge on any atom is -0.399 e. The van der Waals surface area contributed by atoms with E-state index in [9.17, 15) is 18.0 Å². The highest BCUT2D eigenvalue weighted by Crippen LogP contribution is 2.36. The zero-order valence-electron chi connectivity index (χ0n) is 9.13. The molecule has 1 aromatic heterocycles. The average Bonchev–Trinajstić information content (AvgIpc) is 2.65. The quantitative estimate of drug-likeness (QED) is 0.827. The smallest absolute Gasteiger partial charge is 0.399 e. The molecule has 0 atom stereocenters. The Hall–Kier alpha value is -1.46. The summed E-state index contributed by atoms with van der Waals surface area (Å²) in [6, 6.07) is 2.08. The summed E-state index contributed by atoms with van der Waals surface area (Å²) in [5, 5.41) is 0. The van der Waals surface area contributed by atoms with Gasteiger partial charge in [0.1, 0.15) is 0 Å². The van der Waals surface area contributed by atoms with E-state index in [1.54, 1.807) is 0 Å². The monoisotopic (exact) mass is 246 g/mol. The first kappa shape index (κ1) is 12.0. The molecule has 3 nitrogen and oxygen atoms in total. The molecule has 1 saturated carbocycles. The third kappa shape index (κ3) is 2.30. The minimum absolute atomic E-state index is 0.000000000000000444. The summed E-state index contributed by atoms with van der Waals surface area (Å²) in [6.45, 7) is 0. The lowest BCUT2D eigenvalue weighted by Crippen LogP contribution is -2.34. The van der Waals surface area contributed by atoms with E-state index in [0.717, 1.165) is 18.9 Å². The number of nitrogen functional groups attached to an aromatic ring is 1. The van der Waals surface area contributed by atoms with Crippen LogP contribution in [0.4, 0.5) is 18.9 Å². The molecule has 1 heterocycles. The number of hydrogen-bond acceptors (Lipinski definition) is 2. The maximum Gasteiger partial charge on any atom is 0.491 e. The number of rotatable bonds is 1. The second-order valence-electron chi connectivity index (χ2n) is 4.34. The van der Waals surface area contributed by atoms with E-state index in [1.165, 1.54) is 6.07 Å². The van der Waals surface area contributed by atoms with Gasteiger partial charge in [-0.15, -0.1) is 13.2 Å². The lowest BCUT2D eigenvalue weighted by atomic mass is 10.0. The standard InChI is InChI=1S/C11H13F3N2O/c12-11(13,14)16-9(7-3-1-2-4-7)5-8(15)6-10(16)17/h5-7H,1-4,15H2. The molecule has 1 aromatic rings. The topological polar surface area (TPSA) is 48.0 Å². The van der Waals surface area contributed by atoms with Gasteiger partial charge in [-0.1, -0.05) is 12.8 Å². The highest BCUT2D eigenvalue weighted by molar-refractivity contribution is 5.39. The molecule has 1 aliphatic carbocycles. The summed E-state index contributed by atoms with van der Waals surface area (Å²) in [5.41, 5.74) is 4.46. The van der Waals surface area contributed by atoms with Gasteiger partial charge in [0.2, 0.25) is 0 Å². The molecule has 0 unspecified atom stereocenters. The van der Waals surface area contributed by atoms with Crippen LogP contribution in [0.3, 0.4) is 0 Å². The first-order chi connectivity index (χ1) is 7.89. The average molecular weight is 246 g/mol. The Morgan fingerprint density at radius 2 is 1.82 bits per heavy atom. The number of nitrogens with two attached hydrogens (primary N) is 1. The number of pyridine rings is 1. The van der Waals surface area contributed by atoms with Crippen LogP contribution in [-0.2, 0) is 6.30 Å². The van der Waals surface area contributed by atoms with Crippen molar-refractivity contribution in [3.05, 3.63) is 28.2 Å². The summed E-state index contributed by atoms with van der Waals surface area (Å²) in [4.78, 5) is 11.4. The van der Waals surface area contributed by atoms with E-state index in [4.69, 9.17) is 5.73 Å². The molecule has 0 amide bonds. The van der Waals surface area contributed by atoms with Crippen LogP contribution in [0.15, 0.2) is 16.9 Å². The van der Waals surface area contributed by atoms with Crippen LogP contribution >= 0.6 is 0 Å². The predicted molar refractivity (Wildman–Crippen MR) is 57.6 cm³/mol. The number of hydrogen-bond donors (Lipinski definition) is 1. The van der Waals surface area contributed by atoms with Crippen LogP contribution in [0.2, 0.25) is 0 Å². The van der Waals surface area contributed by atoms with Gasteiger partial charge in [0.25, 0.3) is 5.56 Å². The molecule has 1 fully saturated rings. The van der Waals surface area contributed by atoms with Gasteiger partial charge in [0.15, 0.2) is 0 Å². The van der Waals surface area contributed by atoms with Crippen LogP contribution in [0.5, 0.6) is 0 Å². The second-order valence-corrected chi connectivity index (χ2v) is 4.34. The van der Waals surface area contributed by atoms with Gasteiger partial charge in [-0.2, -0.15) is 0 Å². The fourth-order valence-corrected chi connectivity index (χ4v) is 2.40. The van der Waals surface area contributed by atoms with Crippen LogP contribution in [-0.4, -0.2) is 4.57 Å². The Kier molecular flexibility index (Phi) is 2.89. The molecule has 0 aromatic carbocycles. The third-order valence-electron chi connectivity index (χ3n) is 3.11. The summed E-state index contributed by atoms with van der Waals surface area (Å²) >= 11 is 0. The van der Waals surface area contributed by atoms with Gasteiger partial charge in [0, 0.05) is 17.4 Å². The summed E-state index contributed by atoms with van der Waals surface area (Å²) in [7, 11) is 0. The summed E-state index contributed by atoms with van der Waals surface area (Å²) < 4.78 is 38.4. The maximum atomic E-state index is 12.8. The van der Waals surface area contributed by atoms with Crippen molar-refractivity contribution >= 4 is 5.69 Å². The van der Waals surface area contributed by atoms with Crippen LogP contribution in [0.1, 0.15) is 37.3 Å². The third-order valence-corrected chi connectivity index (χ3v) is 3.11. The number of nitrogens with zero attached hydrogens (tertiary/aromatic N) is 1. The maximum absolute atomic E-state index is 12.8. The van der Waals surface area contributed by atoms with Gasteiger partial charge >= 0.3 is 6.30 Å². The molecule has 0 bridgehead atoms. The Morgan fingerprint density at radius 3 is 2.35 bits per heavy atom. The number of aromatic nitrogens is 1. The molecule has 6 heteroatoms. The largest absolute Gasteiger partial charge is 0.491 e. The number of alkyl halides is 3. The van der Waals surface area contributed by atoms with E-state index >= 15 is 0 Å². The van der Waals surface area contributed by atoms with Crippen molar-refractivity contribution in [2.45, 2.75) is 37.9 Å². The van der Waals surface area contributed by atoms with Crippen molar-refractivity contribution in [1.82, 2.24) is 4.57 Å². The Labute approximate surface area is 96.0 Å². The van der Waals surface area contributed by atoms with Gasteiger partial charge in [-0.05, 0) is 24.8 Å². The lowest BCUT2D eigenvalue weighted by Gasteiger charge is -2.19. The molecular weight excluding hydrogens is 233 g/mol. The molecule has 0 radical (unpaired) electrons. The van der Waals surface area contributed by atoms with Crippen molar-refractivity contribution < 1.29 is 13.2 Å². The summed E-state index contributed by atoms with van der Waals surface area (Å²) in [6.07, 6.45) is -1.53. The molecule has 17 heavy (non-hydrogen) atoms. The SMILES string of the molecule is Nc1cc(C2CCCC2)n(C(F)(F)F)c(=O)c1. The first-order valence-corrected chi connectivity index (χ1v) is 5.49. The van der Waals surface area contributed by atoms with E-state index in [0.29, 0.717) is 12.8 Å². The fraction of sp³-hybridized carbons (Fsp3) is 0.545. The predicted octanol–water partition coefficient (Wildman–Crippen LogP) is 2.56. The number of halogens is 3. The minimum atomic E-state index is -4.68. The molecule has 0 saturated heterocycles. The van der Waals surface area contributed by atoms with Gasteiger partial charge in [0.05, 0.1) is 0 Å². The molecular formula is C11H13F3N2O. The fourth-order valence-electron chi connectivity index (χ4n) is 2.40. The zero-order chi connectivity index (χ0) is 12.6. The van der Waals surface area contributed by atoms with Crippen LogP contribution in [0, 0.1) is 0 Å². The van der Waals surface area contributed by atoms with Crippen LogP contribution < -0.4 is 11.3 Å². The number of anilines is 1. The zero-order valence-corrected chi connectivity index (χ0v) is 9.13. The highest BCUT2D eigenvalue weighted by atomic mass is 19.4. The Balaban J connectivity index is 2.59. The summed E-state index contributed by atoms with van der Waals surface area (Å²) in [5.74, 6) is -0.215. The van der Waals surface area contributed by atoms with E-state index in [2.05, 4.69) is 0 Å².